The second-order valence-corrected chi connectivity index (χ2v) is 8.42. The smallest absolute Gasteiger partial charge is 0.291 e. The Kier molecular flexibility index (Phi) is 4.78. The fourth-order valence-corrected chi connectivity index (χ4v) is 4.94. The van der Waals surface area contributed by atoms with Gasteiger partial charge >= 0.3 is 0 Å². The molecular weight excluding hydrogens is 398 g/mol. The summed E-state index contributed by atoms with van der Waals surface area (Å²) in [5.41, 5.74) is 2.55. The van der Waals surface area contributed by atoms with Gasteiger partial charge in [0.15, 0.2) is 0 Å². The topological polar surface area (TPSA) is 62.9 Å². The van der Waals surface area contributed by atoms with Crippen LogP contribution in [-0.2, 0) is 17.8 Å². The van der Waals surface area contributed by atoms with Crippen LogP contribution in [0.5, 0.6) is 0 Å². The maximum atomic E-state index is 13.0. The van der Waals surface area contributed by atoms with Gasteiger partial charge in [0.05, 0.1) is 10.2 Å². The average Bonchev–Trinajstić information content (AvgIpc) is 3.38. The Morgan fingerprint density at radius 1 is 1.07 bits per heavy atom. The highest BCUT2D eigenvalue weighted by Crippen LogP contribution is 2.24. The largest absolute Gasteiger partial charge is 0.368 e. The van der Waals surface area contributed by atoms with Crippen molar-refractivity contribution < 1.29 is 4.79 Å². The lowest BCUT2D eigenvalue weighted by Crippen LogP contribution is -2.50. The number of benzene rings is 1. The Bertz CT molecular complexity index is 1270. The highest BCUT2D eigenvalue weighted by atomic mass is 32.1. The number of carbonyl (C=O) groups is 1. The van der Waals surface area contributed by atoms with Gasteiger partial charge in [-0.25, -0.2) is 4.68 Å². The molecule has 0 spiro atoms. The maximum Gasteiger partial charge on any atom is 0.291 e. The number of hydrogen-bond donors (Lipinski definition) is 0. The van der Waals surface area contributed by atoms with E-state index in [-0.39, 0.29) is 18.0 Å². The summed E-state index contributed by atoms with van der Waals surface area (Å²) in [5.74, 6) is 0.733. The normalized spacial score (nSPS) is 14.7. The van der Waals surface area contributed by atoms with Gasteiger partial charge in [0.2, 0.25) is 5.91 Å². The molecule has 1 amide bonds. The van der Waals surface area contributed by atoms with Crippen LogP contribution in [0.4, 0.5) is 5.69 Å². The van der Waals surface area contributed by atoms with Crippen LogP contribution in [0.3, 0.4) is 0 Å². The van der Waals surface area contributed by atoms with E-state index in [0.717, 1.165) is 29.1 Å². The van der Waals surface area contributed by atoms with Gasteiger partial charge in [0, 0.05) is 38.3 Å². The summed E-state index contributed by atoms with van der Waals surface area (Å²) in [4.78, 5) is 30.1. The maximum absolute atomic E-state index is 13.0. The molecule has 1 saturated heterocycles. The number of para-hydroxylation sites is 1. The zero-order valence-electron chi connectivity index (χ0n) is 16.8. The molecule has 1 aromatic carbocycles. The Hall–Kier alpha value is -3.13. The third-order valence-electron chi connectivity index (χ3n) is 5.73. The molecule has 0 atom stereocenters. The molecule has 3 aromatic heterocycles. The van der Waals surface area contributed by atoms with Crippen LogP contribution in [-0.4, -0.2) is 51.2 Å². The Labute approximate surface area is 177 Å². The van der Waals surface area contributed by atoms with E-state index in [1.54, 1.807) is 11.3 Å². The first kappa shape index (κ1) is 18.9. The first-order chi connectivity index (χ1) is 14.7. The molecule has 7 nitrogen and oxygen atoms in total. The van der Waals surface area contributed by atoms with E-state index in [1.165, 1.54) is 10.4 Å². The van der Waals surface area contributed by atoms with Crippen molar-refractivity contribution in [3.05, 3.63) is 64.0 Å². The van der Waals surface area contributed by atoms with Crippen LogP contribution in [0.25, 0.3) is 15.7 Å². The number of hydrogen-bond acceptors (Lipinski definition) is 5. The molecule has 154 valence electrons. The summed E-state index contributed by atoms with van der Waals surface area (Å²) in [7, 11) is 0. The van der Waals surface area contributed by atoms with E-state index >= 15 is 0 Å². The molecule has 1 fully saturated rings. The lowest BCUT2D eigenvalue weighted by atomic mass is 10.2. The number of amides is 1. The van der Waals surface area contributed by atoms with E-state index in [4.69, 9.17) is 0 Å². The minimum Gasteiger partial charge on any atom is -0.368 e. The molecule has 30 heavy (non-hydrogen) atoms. The summed E-state index contributed by atoms with van der Waals surface area (Å²) in [5, 5.41) is 6.55. The highest BCUT2D eigenvalue weighted by molar-refractivity contribution is 7.17. The molecule has 0 radical (unpaired) electrons. The summed E-state index contributed by atoms with van der Waals surface area (Å²) in [6, 6.07) is 14.1. The van der Waals surface area contributed by atoms with Crippen molar-refractivity contribution >= 4 is 38.7 Å². The number of thiophene rings is 1. The number of carbonyl (C=O) groups excluding carboxylic acids is 1. The molecule has 4 aromatic rings. The summed E-state index contributed by atoms with van der Waals surface area (Å²) in [6.07, 6.45) is 0.681. The van der Waals surface area contributed by atoms with Crippen molar-refractivity contribution in [1.82, 2.24) is 19.1 Å². The SMILES string of the molecule is CCc1nn(CC(=O)N2CCN(c3ccccc3)CC2)c(=O)c2cc3sccc3n12. The van der Waals surface area contributed by atoms with Crippen LogP contribution in [0, 0.1) is 0 Å². The predicted molar refractivity (Wildman–Crippen MR) is 119 cm³/mol. The highest BCUT2D eigenvalue weighted by Gasteiger charge is 2.23. The van der Waals surface area contributed by atoms with Crippen LogP contribution >= 0.6 is 11.3 Å². The van der Waals surface area contributed by atoms with Gasteiger partial charge in [-0.15, -0.1) is 11.3 Å². The van der Waals surface area contributed by atoms with Gasteiger partial charge in [-0.2, -0.15) is 5.10 Å². The van der Waals surface area contributed by atoms with Crippen LogP contribution in [0.2, 0.25) is 0 Å². The summed E-state index contributed by atoms with van der Waals surface area (Å²) in [6.45, 7) is 4.85. The second-order valence-electron chi connectivity index (χ2n) is 7.47. The number of nitrogens with zero attached hydrogens (tertiary/aromatic N) is 5. The number of anilines is 1. The van der Waals surface area contributed by atoms with Gasteiger partial charge < -0.3 is 9.80 Å². The van der Waals surface area contributed by atoms with Gasteiger partial charge in [0.1, 0.15) is 17.9 Å². The van der Waals surface area contributed by atoms with Crippen molar-refractivity contribution in [3.8, 4) is 0 Å². The average molecular weight is 422 g/mol. The number of aryl methyl sites for hydroxylation is 1. The Balaban J connectivity index is 1.36. The quantitative estimate of drug-likeness (QED) is 0.508. The first-order valence-corrected chi connectivity index (χ1v) is 11.1. The van der Waals surface area contributed by atoms with Gasteiger partial charge in [0.25, 0.3) is 5.56 Å². The van der Waals surface area contributed by atoms with Crippen LogP contribution < -0.4 is 10.5 Å². The minimum atomic E-state index is -0.216. The minimum absolute atomic E-state index is 0.0213. The molecule has 0 N–H and O–H groups in total. The third-order valence-corrected chi connectivity index (χ3v) is 6.58. The number of aromatic nitrogens is 3. The van der Waals surface area contributed by atoms with E-state index in [2.05, 4.69) is 22.1 Å². The molecule has 1 aliphatic rings. The number of fused-ring (bicyclic) bond motifs is 3. The number of rotatable bonds is 4. The van der Waals surface area contributed by atoms with E-state index in [0.29, 0.717) is 25.0 Å². The lowest BCUT2D eigenvalue weighted by molar-refractivity contribution is -0.132. The van der Waals surface area contributed by atoms with Crippen LogP contribution in [0.15, 0.2) is 52.6 Å². The van der Waals surface area contributed by atoms with E-state index in [1.807, 2.05) is 51.9 Å². The molecule has 0 saturated carbocycles. The Morgan fingerprint density at radius 2 is 1.83 bits per heavy atom. The van der Waals surface area contributed by atoms with Gasteiger partial charge in [-0.3, -0.25) is 14.0 Å². The van der Waals surface area contributed by atoms with Crippen molar-refractivity contribution in [2.45, 2.75) is 19.9 Å². The number of piperazine rings is 1. The standard InChI is InChI=1S/C22H23N5O2S/c1-2-20-23-26(22(29)18-14-19-17(27(18)20)8-13-30-19)15-21(28)25-11-9-24(10-12-25)16-6-4-3-5-7-16/h3-8,13-14H,2,9-12,15H2,1H3. The van der Waals surface area contributed by atoms with Crippen molar-refractivity contribution in [1.29, 1.82) is 0 Å². The molecule has 0 aliphatic carbocycles. The van der Waals surface area contributed by atoms with E-state index < -0.39 is 0 Å². The van der Waals surface area contributed by atoms with Crippen molar-refractivity contribution in [2.24, 2.45) is 0 Å². The lowest BCUT2D eigenvalue weighted by Gasteiger charge is -2.36. The van der Waals surface area contributed by atoms with Crippen LogP contribution in [0.1, 0.15) is 12.7 Å². The zero-order chi connectivity index (χ0) is 20.7. The zero-order valence-corrected chi connectivity index (χ0v) is 17.6. The summed E-state index contributed by atoms with van der Waals surface area (Å²) >= 11 is 1.61. The molecule has 0 bridgehead atoms. The molecule has 4 heterocycles. The first-order valence-electron chi connectivity index (χ1n) is 10.2. The molecule has 0 unspecified atom stereocenters. The van der Waals surface area contributed by atoms with Crippen molar-refractivity contribution in [2.75, 3.05) is 31.1 Å². The molecule has 1 aliphatic heterocycles. The molecular formula is C22H23N5O2S. The van der Waals surface area contributed by atoms with Crippen molar-refractivity contribution in [3.63, 3.8) is 0 Å². The second kappa shape index (κ2) is 7.60. The Morgan fingerprint density at radius 3 is 2.57 bits per heavy atom. The fourth-order valence-electron chi connectivity index (χ4n) is 4.14. The predicted octanol–water partition coefficient (Wildman–Crippen LogP) is 2.62. The van der Waals surface area contributed by atoms with Gasteiger partial charge in [-0.1, -0.05) is 25.1 Å². The molecule has 5 rings (SSSR count). The third kappa shape index (κ3) is 3.17. The fraction of sp³-hybridized carbons (Fsp3) is 0.318. The summed E-state index contributed by atoms with van der Waals surface area (Å²) < 4.78 is 4.32. The van der Waals surface area contributed by atoms with Gasteiger partial charge in [-0.05, 0) is 29.6 Å². The van der Waals surface area contributed by atoms with E-state index in [9.17, 15) is 9.59 Å². The monoisotopic (exact) mass is 421 g/mol. The molecule has 8 heteroatoms.